The topological polar surface area (TPSA) is 103 Å². The van der Waals surface area contributed by atoms with Crippen molar-refractivity contribution in [1.82, 2.24) is 20.3 Å². The molecule has 1 aromatic carbocycles. The zero-order chi connectivity index (χ0) is 25.5. The fourth-order valence-corrected chi connectivity index (χ4v) is 4.21. The molecule has 1 saturated heterocycles. The molecule has 192 valence electrons. The number of fused-ring (bicyclic) bond motifs is 1. The smallest absolute Gasteiger partial charge is 0.223 e. The molecule has 0 amide bonds. The predicted octanol–water partition coefficient (Wildman–Crippen LogP) is 5.02. The van der Waals surface area contributed by atoms with Crippen LogP contribution in [0.15, 0.2) is 30.6 Å². The van der Waals surface area contributed by atoms with Gasteiger partial charge in [-0.15, -0.1) is 0 Å². The summed E-state index contributed by atoms with van der Waals surface area (Å²) >= 11 is -1.86. The van der Waals surface area contributed by atoms with Crippen LogP contribution in [-0.4, -0.2) is 49.1 Å². The first-order valence-corrected chi connectivity index (χ1v) is 13.3. The first kappa shape index (κ1) is 27.0. The van der Waals surface area contributed by atoms with E-state index in [1.165, 1.54) is 6.07 Å². The summed E-state index contributed by atoms with van der Waals surface area (Å²) < 4.78 is 47.7. The quantitative estimate of drug-likeness (QED) is 0.452. The van der Waals surface area contributed by atoms with E-state index < -0.39 is 22.7 Å². The van der Waals surface area contributed by atoms with E-state index in [0.717, 1.165) is 50.4 Å². The molecular formula is C25H34F2N5O2S-. The third kappa shape index (κ3) is 6.99. The fourth-order valence-electron chi connectivity index (χ4n) is 4.21. The second-order valence-corrected chi connectivity index (χ2v) is 9.69. The lowest BCUT2D eigenvalue weighted by atomic mass is 9.85. The van der Waals surface area contributed by atoms with Crippen LogP contribution in [-0.2, 0) is 11.1 Å². The number of nitrogens with zero attached hydrogens (tertiary/aromatic N) is 3. The molecule has 0 bridgehead atoms. The monoisotopic (exact) mass is 506 g/mol. The van der Waals surface area contributed by atoms with Gasteiger partial charge in [-0.2, -0.15) is 0 Å². The highest BCUT2D eigenvalue weighted by molar-refractivity contribution is 7.78. The molecule has 2 aromatic heterocycles. The van der Waals surface area contributed by atoms with Crippen molar-refractivity contribution in [3.8, 4) is 11.3 Å². The molecule has 10 heteroatoms. The molecule has 0 radical (unpaired) electrons. The summed E-state index contributed by atoms with van der Waals surface area (Å²) in [5.41, 5.74) is 1.81. The van der Waals surface area contributed by atoms with E-state index in [1.807, 2.05) is 6.07 Å². The maximum atomic E-state index is 15.0. The third-order valence-corrected chi connectivity index (χ3v) is 6.51. The molecule has 1 aliphatic heterocycles. The zero-order valence-corrected chi connectivity index (χ0v) is 21.3. The summed E-state index contributed by atoms with van der Waals surface area (Å²) in [6.07, 6.45) is 6.79. The molecule has 1 fully saturated rings. The van der Waals surface area contributed by atoms with Gasteiger partial charge in [0, 0.05) is 24.6 Å². The van der Waals surface area contributed by atoms with Crippen molar-refractivity contribution in [3.05, 3.63) is 47.8 Å². The Kier molecular flexibility index (Phi) is 9.59. The second-order valence-electron chi connectivity index (χ2n) is 8.89. The van der Waals surface area contributed by atoms with Gasteiger partial charge in [-0.25, -0.2) is 18.7 Å². The number of rotatable bonds is 6. The lowest BCUT2D eigenvalue weighted by Crippen LogP contribution is -2.35. The third-order valence-electron chi connectivity index (χ3n) is 6.51. The van der Waals surface area contributed by atoms with Gasteiger partial charge in [0.1, 0.15) is 17.0 Å². The summed E-state index contributed by atoms with van der Waals surface area (Å²) in [5.74, 6) is -0.0405. The fraction of sp³-hybridized carbons (Fsp3) is 0.480. The number of pyridine rings is 1. The van der Waals surface area contributed by atoms with Crippen molar-refractivity contribution in [2.45, 2.75) is 52.0 Å². The van der Waals surface area contributed by atoms with Gasteiger partial charge in [0.05, 0.1) is 6.20 Å². The normalized spacial score (nSPS) is 16.8. The Hall–Kier alpha value is -2.56. The van der Waals surface area contributed by atoms with Gasteiger partial charge >= 0.3 is 0 Å². The molecule has 35 heavy (non-hydrogen) atoms. The van der Waals surface area contributed by atoms with Crippen molar-refractivity contribution < 1.29 is 19.0 Å². The second kappa shape index (κ2) is 12.4. The summed E-state index contributed by atoms with van der Waals surface area (Å²) in [7, 11) is 0. The number of hydrogen-bond donors (Lipinski definition) is 2. The molecular weight excluding hydrogens is 472 g/mol. The van der Waals surface area contributed by atoms with Crippen molar-refractivity contribution in [2.24, 2.45) is 5.92 Å². The van der Waals surface area contributed by atoms with Crippen LogP contribution < -0.4 is 10.6 Å². The number of aromatic nitrogens is 3. The standard InChI is InChI=1S/C24H29F2N5.CH4O2S.H2/c1-4-14(2)15(3)18-7-10-28-23-19(18)11-16(12-20(23)25)22-21(26)13-29-24(31-22)30-17-5-8-27-9-6-17;1-4(2)3;/h7,10-15,17,27H,4-6,8-9H2,1-3H3,(H,29,30,31);1H3,(H,2,3);1H/p-1. The molecule has 3 aromatic rings. The molecule has 3 atom stereocenters. The highest BCUT2D eigenvalue weighted by atomic mass is 32.2. The minimum absolute atomic E-state index is 0. The zero-order valence-electron chi connectivity index (χ0n) is 20.5. The molecule has 3 unspecified atom stereocenters. The van der Waals surface area contributed by atoms with Gasteiger partial charge in [0.25, 0.3) is 0 Å². The number of anilines is 1. The Morgan fingerprint density at radius 2 is 1.91 bits per heavy atom. The van der Waals surface area contributed by atoms with Gasteiger partial charge in [0.2, 0.25) is 5.95 Å². The molecule has 3 heterocycles. The summed E-state index contributed by atoms with van der Waals surface area (Å²) in [5, 5.41) is 7.30. The van der Waals surface area contributed by atoms with Gasteiger partial charge in [-0.05, 0) is 67.8 Å². The minimum Gasteiger partial charge on any atom is -0.773 e. The van der Waals surface area contributed by atoms with E-state index in [1.54, 1.807) is 12.3 Å². The molecule has 4 rings (SSSR count). The van der Waals surface area contributed by atoms with Crippen LogP contribution in [0.25, 0.3) is 22.2 Å². The maximum absolute atomic E-state index is 15.0. The molecule has 0 spiro atoms. The average molecular weight is 507 g/mol. The highest BCUT2D eigenvalue weighted by Gasteiger charge is 2.20. The molecule has 7 nitrogen and oxygen atoms in total. The Bertz CT molecular complexity index is 1180. The Balaban J connectivity index is 0.000000850. The SMILES string of the molecule is CCC(C)C(C)c1ccnc2c(F)cc(-c3nc(NC4CCNCC4)ncc3F)cc12.CS(=O)[O-].[HH]. The van der Waals surface area contributed by atoms with Gasteiger partial charge in [-0.3, -0.25) is 9.19 Å². The number of hydrogen-bond acceptors (Lipinski definition) is 7. The summed E-state index contributed by atoms with van der Waals surface area (Å²) in [6.45, 7) is 8.31. The number of benzene rings is 1. The van der Waals surface area contributed by atoms with E-state index in [0.29, 0.717) is 28.3 Å². The highest BCUT2D eigenvalue weighted by Crippen LogP contribution is 2.35. The van der Waals surface area contributed by atoms with Crippen molar-refractivity contribution >= 4 is 27.9 Å². The van der Waals surface area contributed by atoms with Crippen LogP contribution >= 0.6 is 0 Å². The minimum atomic E-state index is -1.86. The van der Waals surface area contributed by atoms with E-state index >= 15 is 4.39 Å². The number of nitrogens with one attached hydrogen (secondary N) is 2. The molecule has 1 aliphatic rings. The van der Waals surface area contributed by atoms with Gasteiger partial charge in [0.15, 0.2) is 5.82 Å². The molecule has 2 N–H and O–H groups in total. The predicted molar refractivity (Wildman–Crippen MR) is 137 cm³/mol. The lowest BCUT2D eigenvalue weighted by Gasteiger charge is -2.23. The molecule has 0 saturated carbocycles. The van der Waals surface area contributed by atoms with Crippen LogP contribution in [0.5, 0.6) is 0 Å². The van der Waals surface area contributed by atoms with E-state index in [-0.39, 0.29) is 19.1 Å². The van der Waals surface area contributed by atoms with Crippen LogP contribution in [0.4, 0.5) is 14.7 Å². The number of halogens is 2. The summed E-state index contributed by atoms with van der Waals surface area (Å²) in [4.78, 5) is 12.7. The maximum Gasteiger partial charge on any atom is 0.223 e. The van der Waals surface area contributed by atoms with Gasteiger partial charge in [-0.1, -0.05) is 38.3 Å². The molecule has 0 aliphatic carbocycles. The average Bonchev–Trinajstić information content (AvgIpc) is 2.84. The van der Waals surface area contributed by atoms with E-state index in [9.17, 15) is 4.39 Å². The van der Waals surface area contributed by atoms with Crippen LogP contribution in [0.2, 0.25) is 0 Å². The van der Waals surface area contributed by atoms with Crippen LogP contribution in [0.1, 0.15) is 52.9 Å². The van der Waals surface area contributed by atoms with Crippen LogP contribution in [0, 0.1) is 17.6 Å². The summed E-state index contributed by atoms with van der Waals surface area (Å²) in [6, 6.07) is 5.29. The largest absolute Gasteiger partial charge is 0.773 e. The van der Waals surface area contributed by atoms with Crippen molar-refractivity contribution in [1.29, 1.82) is 0 Å². The van der Waals surface area contributed by atoms with Gasteiger partial charge < -0.3 is 15.2 Å². The van der Waals surface area contributed by atoms with E-state index in [4.69, 9.17) is 8.76 Å². The number of piperidine rings is 1. The Morgan fingerprint density at radius 3 is 2.57 bits per heavy atom. The van der Waals surface area contributed by atoms with Crippen molar-refractivity contribution in [2.75, 3.05) is 24.7 Å². The van der Waals surface area contributed by atoms with Crippen LogP contribution in [0.3, 0.4) is 0 Å². The Labute approximate surface area is 209 Å². The lowest BCUT2D eigenvalue weighted by molar-refractivity contribution is 0.475. The first-order chi connectivity index (χ1) is 16.7. The first-order valence-electron chi connectivity index (χ1n) is 11.8. The van der Waals surface area contributed by atoms with Crippen molar-refractivity contribution in [3.63, 3.8) is 0 Å². The van der Waals surface area contributed by atoms with E-state index in [2.05, 4.69) is 46.4 Å². The Morgan fingerprint density at radius 1 is 1.23 bits per heavy atom.